The number of amides is 1. The van der Waals surface area contributed by atoms with Crippen molar-refractivity contribution in [3.05, 3.63) is 110 Å². The van der Waals surface area contributed by atoms with E-state index in [2.05, 4.69) is 10.3 Å². The second kappa shape index (κ2) is 10.3. The number of ether oxygens (including phenoxy) is 1. The van der Waals surface area contributed by atoms with E-state index >= 15 is 0 Å². The van der Waals surface area contributed by atoms with Crippen molar-refractivity contribution < 1.29 is 9.53 Å². The molecule has 0 aliphatic heterocycles. The average molecular weight is 492 g/mol. The number of para-hydroxylation sites is 1. The van der Waals surface area contributed by atoms with E-state index in [4.69, 9.17) is 22.1 Å². The Hall–Kier alpha value is -4.37. The molecule has 3 N–H and O–H groups in total. The zero-order chi connectivity index (χ0) is 24.9. The van der Waals surface area contributed by atoms with Gasteiger partial charge in [0.2, 0.25) is 5.95 Å². The minimum Gasteiger partial charge on any atom is -0.457 e. The molecule has 0 saturated carbocycles. The Labute approximate surface area is 205 Å². The van der Waals surface area contributed by atoms with Crippen LogP contribution in [0.4, 0.5) is 11.6 Å². The molecule has 0 aliphatic rings. The summed E-state index contributed by atoms with van der Waals surface area (Å²) in [4.78, 5) is 41.1. The minimum atomic E-state index is -0.643. The van der Waals surface area contributed by atoms with Gasteiger partial charge in [-0.15, -0.1) is 0 Å². The van der Waals surface area contributed by atoms with Crippen molar-refractivity contribution in [2.24, 2.45) is 5.73 Å². The van der Waals surface area contributed by atoms with Crippen LogP contribution in [0, 0.1) is 0 Å². The Morgan fingerprint density at radius 2 is 1.69 bits per heavy atom. The molecular formula is C25H22ClN5O4. The largest absolute Gasteiger partial charge is 0.457 e. The first-order chi connectivity index (χ1) is 16.9. The molecule has 1 heterocycles. The normalized spacial score (nSPS) is 10.7. The predicted molar refractivity (Wildman–Crippen MR) is 134 cm³/mol. The van der Waals surface area contributed by atoms with Gasteiger partial charge in [0.25, 0.3) is 5.91 Å². The van der Waals surface area contributed by atoms with Crippen LogP contribution < -0.4 is 27.2 Å². The Kier molecular flexibility index (Phi) is 6.98. The Morgan fingerprint density at radius 3 is 2.34 bits per heavy atom. The number of carbonyl (C=O) groups excluding carboxylic acids is 1. The van der Waals surface area contributed by atoms with E-state index in [0.717, 1.165) is 10.1 Å². The summed E-state index contributed by atoms with van der Waals surface area (Å²) in [6, 6.07) is 20.5. The van der Waals surface area contributed by atoms with Gasteiger partial charge < -0.3 is 15.8 Å². The number of nitrogens with zero attached hydrogens (tertiary/aromatic N) is 3. The van der Waals surface area contributed by atoms with Crippen LogP contribution >= 0.6 is 11.6 Å². The third-order valence-electron chi connectivity index (χ3n) is 5.21. The summed E-state index contributed by atoms with van der Waals surface area (Å²) in [7, 11) is 0. The van der Waals surface area contributed by atoms with E-state index in [9.17, 15) is 14.4 Å². The highest BCUT2D eigenvalue weighted by molar-refractivity contribution is 6.30. The molecule has 3 aromatic carbocycles. The maximum absolute atomic E-state index is 13.0. The molecule has 0 aliphatic carbocycles. The fourth-order valence-corrected chi connectivity index (χ4v) is 3.56. The van der Waals surface area contributed by atoms with Crippen LogP contribution in [0.3, 0.4) is 0 Å². The summed E-state index contributed by atoms with van der Waals surface area (Å²) in [6.07, 6.45) is 0. The summed E-state index contributed by atoms with van der Waals surface area (Å²) in [5.41, 5.74) is 5.94. The van der Waals surface area contributed by atoms with Crippen LogP contribution in [0.25, 0.3) is 0 Å². The molecule has 0 fully saturated rings. The molecular weight excluding hydrogens is 470 g/mol. The highest BCUT2D eigenvalue weighted by atomic mass is 35.5. The highest BCUT2D eigenvalue weighted by Crippen LogP contribution is 2.26. The van der Waals surface area contributed by atoms with Gasteiger partial charge in [0.15, 0.2) is 0 Å². The van der Waals surface area contributed by atoms with E-state index in [-0.39, 0.29) is 24.6 Å². The lowest BCUT2D eigenvalue weighted by Crippen LogP contribution is -2.42. The zero-order valence-electron chi connectivity index (χ0n) is 18.8. The van der Waals surface area contributed by atoms with Gasteiger partial charge in [0.1, 0.15) is 11.5 Å². The van der Waals surface area contributed by atoms with Gasteiger partial charge >= 0.3 is 11.4 Å². The molecule has 0 unspecified atom stereocenters. The molecule has 0 spiro atoms. The predicted octanol–water partition coefficient (Wildman–Crippen LogP) is 3.76. The van der Waals surface area contributed by atoms with Gasteiger partial charge in [-0.3, -0.25) is 9.36 Å². The molecule has 0 atom stereocenters. The molecule has 10 heteroatoms. The maximum Gasteiger partial charge on any atom is 0.354 e. The van der Waals surface area contributed by atoms with Crippen LogP contribution in [0.1, 0.15) is 22.8 Å². The van der Waals surface area contributed by atoms with Gasteiger partial charge in [0.05, 0.1) is 12.1 Å². The first-order valence-corrected chi connectivity index (χ1v) is 11.1. The summed E-state index contributed by atoms with van der Waals surface area (Å²) in [5, 5.41) is 3.62. The van der Waals surface area contributed by atoms with Crippen LogP contribution in [0.15, 0.2) is 82.4 Å². The number of hydrogen-bond donors (Lipinski definition) is 2. The lowest BCUT2D eigenvalue weighted by Gasteiger charge is -2.15. The third kappa shape index (κ3) is 5.42. The molecule has 4 rings (SSSR count). The number of halogens is 1. The van der Waals surface area contributed by atoms with Gasteiger partial charge in [-0.25, -0.2) is 14.2 Å². The van der Waals surface area contributed by atoms with Crippen LogP contribution in [-0.2, 0) is 13.1 Å². The van der Waals surface area contributed by atoms with E-state index in [1.807, 2.05) is 0 Å². The van der Waals surface area contributed by atoms with Crippen molar-refractivity contribution >= 4 is 29.1 Å². The van der Waals surface area contributed by atoms with Crippen molar-refractivity contribution in [1.29, 1.82) is 0 Å². The number of primary amides is 1. The molecule has 1 amide bonds. The number of rotatable bonds is 8. The topological polar surface area (TPSA) is 121 Å². The highest BCUT2D eigenvalue weighted by Gasteiger charge is 2.14. The zero-order valence-corrected chi connectivity index (χ0v) is 19.5. The van der Waals surface area contributed by atoms with Gasteiger partial charge in [-0.05, 0) is 61.0 Å². The molecule has 0 radical (unpaired) electrons. The van der Waals surface area contributed by atoms with E-state index < -0.39 is 17.3 Å². The standard InChI is InChI=1S/C25H22ClN5O4/c1-2-30-24(33)29-23(31(25(30)34)15-16-7-9-17(26)10-8-16)28-18-11-13-19(14-12-18)35-21-6-4-3-5-20(21)22(27)32/h3-14H,2,15H2,1H3,(H2,27,32)(H,28,29,33). The molecule has 4 aromatic rings. The maximum atomic E-state index is 13.0. The number of anilines is 2. The van der Waals surface area contributed by atoms with Gasteiger partial charge in [-0.1, -0.05) is 35.9 Å². The first-order valence-electron chi connectivity index (χ1n) is 10.8. The second-order valence-corrected chi connectivity index (χ2v) is 8.01. The summed E-state index contributed by atoms with van der Waals surface area (Å²) in [5.74, 6) is 0.317. The average Bonchev–Trinajstić information content (AvgIpc) is 2.84. The van der Waals surface area contributed by atoms with Gasteiger partial charge in [-0.2, -0.15) is 4.98 Å². The first kappa shape index (κ1) is 23.8. The minimum absolute atomic E-state index is 0.104. The molecule has 35 heavy (non-hydrogen) atoms. The van der Waals surface area contributed by atoms with Crippen molar-refractivity contribution in [2.45, 2.75) is 20.0 Å². The van der Waals surface area contributed by atoms with E-state index in [1.165, 1.54) is 4.57 Å². The number of nitrogens with two attached hydrogens (primary N) is 1. The summed E-state index contributed by atoms with van der Waals surface area (Å²) < 4.78 is 8.25. The lowest BCUT2D eigenvalue weighted by molar-refractivity contribution is 0.0998. The molecule has 1 aromatic heterocycles. The number of hydrogen-bond acceptors (Lipinski definition) is 6. The van der Waals surface area contributed by atoms with Gasteiger partial charge in [0, 0.05) is 17.3 Å². The third-order valence-corrected chi connectivity index (χ3v) is 5.46. The van der Waals surface area contributed by atoms with Crippen molar-refractivity contribution in [3.63, 3.8) is 0 Å². The summed E-state index contributed by atoms with van der Waals surface area (Å²) in [6.45, 7) is 2.10. The fourth-order valence-electron chi connectivity index (χ4n) is 3.43. The number of aromatic nitrogens is 3. The quantitative estimate of drug-likeness (QED) is 0.387. The van der Waals surface area contributed by atoms with Crippen LogP contribution in [0.2, 0.25) is 5.02 Å². The van der Waals surface area contributed by atoms with Crippen LogP contribution in [0.5, 0.6) is 11.5 Å². The molecule has 0 bridgehead atoms. The molecule has 0 saturated heterocycles. The fraction of sp³-hybridized carbons (Fsp3) is 0.120. The SMILES string of the molecule is CCn1c(=O)nc(Nc2ccc(Oc3ccccc3C(N)=O)cc2)n(Cc2ccc(Cl)cc2)c1=O. The second-order valence-electron chi connectivity index (χ2n) is 7.57. The number of benzene rings is 3. The lowest BCUT2D eigenvalue weighted by atomic mass is 10.2. The molecule has 178 valence electrons. The number of carbonyl (C=O) groups is 1. The smallest absolute Gasteiger partial charge is 0.354 e. The number of nitrogens with one attached hydrogen (secondary N) is 1. The Balaban J connectivity index is 1.62. The van der Waals surface area contributed by atoms with Crippen molar-refractivity contribution in [3.8, 4) is 11.5 Å². The van der Waals surface area contributed by atoms with Crippen molar-refractivity contribution in [1.82, 2.24) is 14.1 Å². The Bertz CT molecular complexity index is 1480. The van der Waals surface area contributed by atoms with E-state index in [0.29, 0.717) is 22.2 Å². The molecule has 9 nitrogen and oxygen atoms in total. The monoisotopic (exact) mass is 491 g/mol. The Morgan fingerprint density at radius 1 is 1.00 bits per heavy atom. The van der Waals surface area contributed by atoms with Crippen LogP contribution in [-0.4, -0.2) is 20.0 Å². The summed E-state index contributed by atoms with van der Waals surface area (Å²) >= 11 is 5.97. The van der Waals surface area contributed by atoms with E-state index in [1.54, 1.807) is 79.7 Å². The van der Waals surface area contributed by atoms with Crippen molar-refractivity contribution in [2.75, 3.05) is 5.32 Å².